The number of aliphatic hydroxyl groups is 3. The Morgan fingerprint density at radius 3 is 3.00 bits per heavy atom. The van der Waals surface area contributed by atoms with E-state index in [1.165, 1.54) is 13.3 Å². The van der Waals surface area contributed by atoms with Gasteiger partial charge in [-0.05, 0) is 6.92 Å². The molecule has 1 amide bonds. The quantitative estimate of drug-likeness (QED) is 0.460. The van der Waals surface area contributed by atoms with E-state index in [2.05, 4.69) is 20.6 Å². The van der Waals surface area contributed by atoms with Crippen LogP contribution in [0.2, 0.25) is 0 Å². The average molecular weight is 335 g/mol. The lowest BCUT2D eigenvalue weighted by molar-refractivity contribution is -0.114. The molecule has 0 radical (unpaired) electrons. The first kappa shape index (κ1) is 15.3. The van der Waals surface area contributed by atoms with Crippen LogP contribution in [0.4, 0.5) is 11.5 Å². The number of hydrogen-bond acceptors (Lipinski definition) is 8. The summed E-state index contributed by atoms with van der Waals surface area (Å²) in [6, 6.07) is 0. The second-order valence-electron chi connectivity index (χ2n) is 6.15. The summed E-state index contributed by atoms with van der Waals surface area (Å²) in [5.41, 5.74) is -0.587. The van der Waals surface area contributed by atoms with Gasteiger partial charge in [0.2, 0.25) is 5.91 Å². The summed E-state index contributed by atoms with van der Waals surface area (Å²) in [5.74, 6) is 0.137. The van der Waals surface area contributed by atoms with Crippen molar-refractivity contribution in [1.82, 2.24) is 14.5 Å². The number of ether oxygens (including phenoxy) is 1. The first-order valence-electron chi connectivity index (χ1n) is 7.49. The maximum Gasteiger partial charge on any atom is 0.244 e. The van der Waals surface area contributed by atoms with Gasteiger partial charge >= 0.3 is 0 Å². The minimum Gasteiger partial charge on any atom is -0.394 e. The topological polar surface area (TPSA) is 142 Å². The van der Waals surface area contributed by atoms with E-state index < -0.39 is 30.6 Å². The van der Waals surface area contributed by atoms with Crippen molar-refractivity contribution in [1.29, 1.82) is 0 Å². The fourth-order valence-corrected chi connectivity index (χ4v) is 3.23. The molecule has 5 N–H and O–H groups in total. The summed E-state index contributed by atoms with van der Waals surface area (Å²) in [5, 5.41) is 36.4. The summed E-state index contributed by atoms with van der Waals surface area (Å²) >= 11 is 0. The van der Waals surface area contributed by atoms with Crippen molar-refractivity contribution in [3.05, 3.63) is 12.5 Å². The van der Waals surface area contributed by atoms with Crippen LogP contribution in [0.15, 0.2) is 12.5 Å². The van der Waals surface area contributed by atoms with Gasteiger partial charge in [-0.1, -0.05) is 0 Å². The highest BCUT2D eigenvalue weighted by Crippen LogP contribution is 2.42. The maximum atomic E-state index is 11.7. The fourth-order valence-electron chi connectivity index (χ4n) is 3.23. The molecule has 0 saturated carbocycles. The third kappa shape index (κ3) is 2.01. The van der Waals surface area contributed by atoms with E-state index in [0.29, 0.717) is 22.5 Å². The molecule has 2 aliphatic rings. The molecule has 2 aromatic rings. The van der Waals surface area contributed by atoms with Gasteiger partial charge in [0.15, 0.2) is 6.23 Å². The lowest BCUT2D eigenvalue weighted by Crippen LogP contribution is -2.44. The second-order valence-corrected chi connectivity index (χ2v) is 6.15. The molecule has 1 fully saturated rings. The summed E-state index contributed by atoms with van der Waals surface area (Å²) in [4.78, 5) is 20.0. The van der Waals surface area contributed by atoms with E-state index in [1.54, 1.807) is 10.8 Å². The molecule has 2 aliphatic heterocycles. The highest BCUT2D eigenvalue weighted by molar-refractivity contribution is 6.08. The standard InChI is InChI=1S/C14H17N5O5/c1-14(23)10(22)7(4-20)24-13(14)19-3-6-9-11(16-5-17-12(9)19)18-8(21)2-15-6/h3,5,7,10,13,15,20,22-23H,2,4H2,1H3,(H,16,17,18,21)/t7-,10-,13?,14?/m1/s1. The van der Waals surface area contributed by atoms with Gasteiger partial charge in [-0.15, -0.1) is 0 Å². The SMILES string of the molecule is CC1(O)C(n2cc3c4c(ncnc42)NC(=O)CN3)O[C@H](CO)[C@H]1O. The Bertz CT molecular complexity index is 819. The van der Waals surface area contributed by atoms with Crippen molar-refractivity contribution in [2.24, 2.45) is 0 Å². The van der Waals surface area contributed by atoms with Gasteiger partial charge in [-0.2, -0.15) is 0 Å². The lowest BCUT2D eigenvalue weighted by Gasteiger charge is -2.27. The number of rotatable bonds is 2. The molecule has 10 nitrogen and oxygen atoms in total. The van der Waals surface area contributed by atoms with Crippen molar-refractivity contribution in [3.63, 3.8) is 0 Å². The molecule has 2 unspecified atom stereocenters. The smallest absolute Gasteiger partial charge is 0.244 e. The maximum absolute atomic E-state index is 11.7. The minimum atomic E-state index is -1.63. The van der Waals surface area contributed by atoms with Gasteiger partial charge in [-0.25, -0.2) is 9.97 Å². The Morgan fingerprint density at radius 2 is 2.29 bits per heavy atom. The van der Waals surface area contributed by atoms with Gasteiger partial charge in [0.1, 0.15) is 35.6 Å². The third-order valence-corrected chi connectivity index (χ3v) is 4.49. The number of amides is 1. The summed E-state index contributed by atoms with van der Waals surface area (Å²) in [6.45, 7) is 1.08. The lowest BCUT2D eigenvalue weighted by atomic mass is 9.96. The van der Waals surface area contributed by atoms with E-state index >= 15 is 0 Å². The van der Waals surface area contributed by atoms with Gasteiger partial charge in [0.05, 0.1) is 24.2 Å². The van der Waals surface area contributed by atoms with Crippen LogP contribution in [-0.2, 0) is 9.53 Å². The van der Waals surface area contributed by atoms with Gasteiger partial charge in [0, 0.05) is 6.20 Å². The Labute approximate surface area is 136 Å². The first-order chi connectivity index (χ1) is 11.4. The average Bonchev–Trinajstić information content (AvgIpc) is 2.95. The largest absolute Gasteiger partial charge is 0.394 e. The molecule has 10 heteroatoms. The molecule has 0 spiro atoms. The van der Waals surface area contributed by atoms with Crippen LogP contribution in [0, 0.1) is 0 Å². The van der Waals surface area contributed by atoms with Crippen LogP contribution in [0.25, 0.3) is 11.0 Å². The van der Waals surface area contributed by atoms with Crippen LogP contribution in [-0.4, -0.2) is 66.7 Å². The van der Waals surface area contributed by atoms with E-state index in [-0.39, 0.29) is 12.5 Å². The van der Waals surface area contributed by atoms with Crippen molar-refractivity contribution in [2.45, 2.75) is 31.0 Å². The fraction of sp³-hybridized carbons (Fsp3) is 0.500. The number of hydrogen-bond donors (Lipinski definition) is 5. The minimum absolute atomic E-state index is 0.0687. The van der Waals surface area contributed by atoms with Gasteiger partial charge in [-0.3, -0.25) is 4.79 Å². The molecule has 4 atom stereocenters. The van der Waals surface area contributed by atoms with Gasteiger partial charge in [0.25, 0.3) is 0 Å². The Kier molecular flexibility index (Phi) is 3.25. The van der Waals surface area contributed by atoms with Crippen LogP contribution in [0.3, 0.4) is 0 Å². The molecule has 4 heterocycles. The van der Waals surface area contributed by atoms with Crippen molar-refractivity contribution in [3.8, 4) is 0 Å². The van der Waals surface area contributed by atoms with Crippen molar-refractivity contribution >= 4 is 28.4 Å². The highest BCUT2D eigenvalue weighted by Gasteiger charge is 2.53. The van der Waals surface area contributed by atoms with Crippen LogP contribution in [0.1, 0.15) is 13.2 Å². The summed E-state index contributed by atoms with van der Waals surface area (Å²) in [6.07, 6.45) is -0.175. The molecule has 0 aliphatic carbocycles. The molecule has 2 aromatic heterocycles. The van der Waals surface area contributed by atoms with Gasteiger partial charge < -0.3 is 35.3 Å². The number of nitrogens with zero attached hydrogens (tertiary/aromatic N) is 3. The zero-order valence-corrected chi connectivity index (χ0v) is 12.8. The monoisotopic (exact) mass is 335 g/mol. The predicted octanol–water partition coefficient (Wildman–Crippen LogP) is -1.20. The molecule has 0 bridgehead atoms. The summed E-state index contributed by atoms with van der Waals surface area (Å²) in [7, 11) is 0. The Balaban J connectivity index is 1.87. The molecule has 128 valence electrons. The number of aromatic nitrogens is 3. The van der Waals surface area contributed by atoms with E-state index in [1.807, 2.05) is 0 Å². The van der Waals surface area contributed by atoms with E-state index in [9.17, 15) is 20.1 Å². The number of carbonyl (C=O) groups is 1. The molecular weight excluding hydrogens is 318 g/mol. The first-order valence-corrected chi connectivity index (χ1v) is 7.49. The second kappa shape index (κ2) is 5.11. The number of carbonyl (C=O) groups excluding carboxylic acids is 1. The molecule has 1 saturated heterocycles. The zero-order chi connectivity index (χ0) is 17.1. The Morgan fingerprint density at radius 1 is 1.50 bits per heavy atom. The molecular formula is C14H17N5O5. The highest BCUT2D eigenvalue weighted by atomic mass is 16.6. The van der Waals surface area contributed by atoms with Crippen LogP contribution in [0.5, 0.6) is 0 Å². The number of nitrogens with one attached hydrogen (secondary N) is 2. The normalized spacial score (nSPS) is 32.5. The van der Waals surface area contributed by atoms with Crippen LogP contribution >= 0.6 is 0 Å². The van der Waals surface area contributed by atoms with Crippen molar-refractivity contribution in [2.75, 3.05) is 23.8 Å². The van der Waals surface area contributed by atoms with E-state index in [0.717, 1.165) is 0 Å². The molecule has 4 rings (SSSR count). The zero-order valence-electron chi connectivity index (χ0n) is 12.8. The van der Waals surface area contributed by atoms with E-state index in [4.69, 9.17) is 4.74 Å². The Hall–Kier alpha value is -2.27. The third-order valence-electron chi connectivity index (χ3n) is 4.49. The van der Waals surface area contributed by atoms with Crippen molar-refractivity contribution < 1.29 is 24.9 Å². The molecule has 0 aromatic carbocycles. The number of aliphatic hydroxyl groups excluding tert-OH is 2. The predicted molar refractivity (Wildman–Crippen MR) is 82.3 cm³/mol. The summed E-state index contributed by atoms with van der Waals surface area (Å²) < 4.78 is 7.21. The number of anilines is 2. The van der Waals surface area contributed by atoms with Crippen LogP contribution < -0.4 is 10.6 Å². The molecule has 24 heavy (non-hydrogen) atoms.